The van der Waals surface area contributed by atoms with Gasteiger partial charge in [-0.25, -0.2) is 4.98 Å². The highest BCUT2D eigenvalue weighted by molar-refractivity contribution is 9.10. The molecule has 0 radical (unpaired) electrons. The largest absolute Gasteiger partial charge is 0.492 e. The first-order valence-electron chi connectivity index (χ1n) is 5.52. The van der Waals surface area contributed by atoms with Gasteiger partial charge in [0, 0.05) is 21.4 Å². The van der Waals surface area contributed by atoms with E-state index in [0.717, 1.165) is 32.0 Å². The second-order valence-corrected chi connectivity index (χ2v) is 5.12. The van der Waals surface area contributed by atoms with Crippen LogP contribution in [0.5, 0.6) is 5.75 Å². The van der Waals surface area contributed by atoms with Gasteiger partial charge in [0.15, 0.2) is 5.75 Å². The Balaban J connectivity index is 2.57. The third-order valence-corrected chi connectivity index (χ3v) is 3.63. The molecule has 0 fully saturated rings. The zero-order chi connectivity index (χ0) is 12.9. The Labute approximate surface area is 112 Å². The summed E-state index contributed by atoms with van der Waals surface area (Å²) >= 11 is 3.55. The number of nitrogens with zero attached hydrogens (tertiary/aromatic N) is 1. The lowest BCUT2D eigenvalue weighted by molar-refractivity contribution is 0.421. The van der Waals surface area contributed by atoms with Gasteiger partial charge in [0.1, 0.15) is 5.65 Å². The minimum Gasteiger partial charge on any atom is -0.492 e. The summed E-state index contributed by atoms with van der Waals surface area (Å²) in [5, 5.41) is 2.11. The van der Waals surface area contributed by atoms with E-state index in [-0.39, 0.29) is 0 Å². The summed E-state index contributed by atoms with van der Waals surface area (Å²) in [5.74, 6) is 0.656. The van der Waals surface area contributed by atoms with Gasteiger partial charge in [-0.15, -0.1) is 0 Å². The number of hydrogen-bond acceptors (Lipinski definition) is 3. The van der Waals surface area contributed by atoms with Crippen LogP contribution in [0.25, 0.3) is 21.9 Å². The number of nitrogens with one attached hydrogen (secondary N) is 1. The molecule has 0 aliphatic heterocycles. The zero-order valence-electron chi connectivity index (χ0n) is 10.0. The highest BCUT2D eigenvalue weighted by atomic mass is 79.9. The Morgan fingerprint density at radius 1 is 1.39 bits per heavy atom. The Hall–Kier alpha value is -1.75. The minimum absolute atomic E-state index is 0.597. The monoisotopic (exact) mass is 305 g/mol. The van der Waals surface area contributed by atoms with Crippen LogP contribution in [0.15, 0.2) is 22.8 Å². The molecule has 2 aromatic heterocycles. The highest BCUT2D eigenvalue weighted by Crippen LogP contribution is 2.40. The molecule has 4 nitrogen and oxygen atoms in total. The van der Waals surface area contributed by atoms with Crippen molar-refractivity contribution in [3.8, 4) is 5.75 Å². The van der Waals surface area contributed by atoms with E-state index in [0.29, 0.717) is 11.4 Å². The maximum atomic E-state index is 5.95. The molecule has 92 valence electrons. The second-order valence-electron chi connectivity index (χ2n) is 4.26. The molecule has 3 rings (SSSR count). The smallest absolute Gasteiger partial charge is 0.165 e. The number of anilines is 1. The van der Waals surface area contributed by atoms with E-state index in [1.165, 1.54) is 0 Å². The Morgan fingerprint density at radius 3 is 2.89 bits per heavy atom. The van der Waals surface area contributed by atoms with Crippen molar-refractivity contribution < 1.29 is 4.74 Å². The van der Waals surface area contributed by atoms with Crippen LogP contribution in [0.3, 0.4) is 0 Å². The number of nitrogens with two attached hydrogens (primary N) is 1. The number of methoxy groups -OCH3 is 1. The van der Waals surface area contributed by atoms with E-state index in [2.05, 4.69) is 32.0 Å². The van der Waals surface area contributed by atoms with Gasteiger partial charge in [0.05, 0.1) is 18.3 Å². The summed E-state index contributed by atoms with van der Waals surface area (Å²) in [6.07, 6.45) is 1.83. The standard InChI is InChI=1S/C13H12BrN3O/c1-6-3-7-10-8(14)4-9(15)12(18-2)11(10)17-13(7)16-5-6/h3-5H,15H2,1-2H3,(H,16,17). The predicted molar refractivity (Wildman–Crippen MR) is 77.0 cm³/mol. The molecule has 0 atom stereocenters. The number of aryl methyl sites for hydroxylation is 1. The lowest BCUT2D eigenvalue weighted by Gasteiger charge is -2.07. The highest BCUT2D eigenvalue weighted by Gasteiger charge is 2.15. The fraction of sp³-hybridized carbons (Fsp3) is 0.154. The van der Waals surface area contributed by atoms with Gasteiger partial charge in [-0.3, -0.25) is 0 Å². The van der Waals surface area contributed by atoms with Crippen LogP contribution in [-0.2, 0) is 0 Å². The van der Waals surface area contributed by atoms with Gasteiger partial charge in [-0.05, 0) is 40.5 Å². The van der Waals surface area contributed by atoms with Crippen LogP contribution in [0.4, 0.5) is 5.69 Å². The first-order chi connectivity index (χ1) is 8.61. The zero-order valence-corrected chi connectivity index (χ0v) is 11.6. The Kier molecular flexibility index (Phi) is 2.45. The van der Waals surface area contributed by atoms with Gasteiger partial charge in [0.25, 0.3) is 0 Å². The van der Waals surface area contributed by atoms with Crippen molar-refractivity contribution in [3.05, 3.63) is 28.4 Å². The maximum absolute atomic E-state index is 5.95. The van der Waals surface area contributed by atoms with Gasteiger partial charge >= 0.3 is 0 Å². The summed E-state index contributed by atoms with van der Waals surface area (Å²) in [6, 6.07) is 3.96. The van der Waals surface area contributed by atoms with E-state index in [9.17, 15) is 0 Å². The van der Waals surface area contributed by atoms with Crippen LogP contribution in [0, 0.1) is 6.92 Å². The number of H-pyrrole nitrogens is 1. The Bertz CT molecular complexity index is 764. The number of rotatable bonds is 1. The maximum Gasteiger partial charge on any atom is 0.165 e. The van der Waals surface area contributed by atoms with E-state index < -0.39 is 0 Å². The molecule has 0 bridgehead atoms. The number of hydrogen-bond donors (Lipinski definition) is 2. The molecule has 3 aromatic rings. The third kappa shape index (κ3) is 1.47. The normalized spacial score (nSPS) is 11.3. The first-order valence-corrected chi connectivity index (χ1v) is 6.31. The summed E-state index contributed by atoms with van der Waals surface area (Å²) < 4.78 is 6.31. The summed E-state index contributed by atoms with van der Waals surface area (Å²) in [7, 11) is 1.61. The van der Waals surface area contributed by atoms with Crippen molar-refractivity contribution in [2.75, 3.05) is 12.8 Å². The molecular formula is C13H12BrN3O. The number of nitrogen functional groups attached to an aromatic ring is 1. The molecule has 0 aliphatic rings. The van der Waals surface area contributed by atoms with Crippen molar-refractivity contribution in [1.82, 2.24) is 9.97 Å². The van der Waals surface area contributed by atoms with Crippen molar-refractivity contribution in [2.45, 2.75) is 6.92 Å². The SMILES string of the molecule is COc1c(N)cc(Br)c2c1[nH]c1ncc(C)cc12. The van der Waals surface area contributed by atoms with Crippen molar-refractivity contribution in [3.63, 3.8) is 0 Å². The predicted octanol–water partition coefficient (Wildman–Crippen LogP) is 3.38. The number of aromatic amines is 1. The number of pyridine rings is 1. The molecular weight excluding hydrogens is 294 g/mol. The van der Waals surface area contributed by atoms with Crippen LogP contribution in [0.1, 0.15) is 5.56 Å². The van der Waals surface area contributed by atoms with Crippen LogP contribution in [-0.4, -0.2) is 17.1 Å². The van der Waals surface area contributed by atoms with Gasteiger partial charge in [-0.2, -0.15) is 0 Å². The molecule has 0 aliphatic carbocycles. The van der Waals surface area contributed by atoms with Crippen LogP contribution in [0.2, 0.25) is 0 Å². The first kappa shape index (κ1) is 11.3. The fourth-order valence-corrected chi connectivity index (χ4v) is 2.89. The average molecular weight is 306 g/mol. The molecule has 0 unspecified atom stereocenters. The summed E-state index contributed by atoms with van der Waals surface area (Å²) in [6.45, 7) is 2.02. The van der Waals surface area contributed by atoms with Gasteiger partial charge in [0.2, 0.25) is 0 Å². The van der Waals surface area contributed by atoms with E-state index in [4.69, 9.17) is 10.5 Å². The van der Waals surface area contributed by atoms with E-state index >= 15 is 0 Å². The molecule has 18 heavy (non-hydrogen) atoms. The Morgan fingerprint density at radius 2 is 2.17 bits per heavy atom. The molecule has 0 saturated carbocycles. The number of ether oxygens (including phenoxy) is 1. The number of aromatic nitrogens is 2. The molecule has 2 heterocycles. The fourth-order valence-electron chi connectivity index (χ4n) is 2.23. The number of halogens is 1. The van der Waals surface area contributed by atoms with Crippen molar-refractivity contribution in [2.24, 2.45) is 0 Å². The topological polar surface area (TPSA) is 63.9 Å². The van der Waals surface area contributed by atoms with Crippen LogP contribution >= 0.6 is 15.9 Å². The molecule has 5 heteroatoms. The summed E-state index contributed by atoms with van der Waals surface area (Å²) in [4.78, 5) is 7.65. The van der Waals surface area contributed by atoms with Crippen LogP contribution < -0.4 is 10.5 Å². The average Bonchev–Trinajstić information content (AvgIpc) is 2.68. The van der Waals surface area contributed by atoms with E-state index in [1.807, 2.05) is 19.2 Å². The minimum atomic E-state index is 0.597. The number of benzene rings is 1. The molecule has 0 saturated heterocycles. The van der Waals surface area contributed by atoms with Crippen molar-refractivity contribution in [1.29, 1.82) is 0 Å². The molecule has 3 N–H and O–H groups in total. The second kappa shape index (κ2) is 3.88. The molecule has 1 aromatic carbocycles. The van der Waals surface area contributed by atoms with Crippen molar-refractivity contribution >= 4 is 43.6 Å². The van der Waals surface area contributed by atoms with Gasteiger partial charge < -0.3 is 15.5 Å². The molecule has 0 amide bonds. The van der Waals surface area contributed by atoms with E-state index in [1.54, 1.807) is 7.11 Å². The summed E-state index contributed by atoms with van der Waals surface area (Å²) in [5.41, 5.74) is 9.37. The molecule has 0 spiro atoms. The quantitative estimate of drug-likeness (QED) is 0.677. The lowest BCUT2D eigenvalue weighted by atomic mass is 10.1. The van der Waals surface area contributed by atoms with Gasteiger partial charge in [-0.1, -0.05) is 0 Å². The lowest BCUT2D eigenvalue weighted by Crippen LogP contribution is -1.93. The number of fused-ring (bicyclic) bond motifs is 3. The third-order valence-electron chi connectivity index (χ3n) is 3.00.